The molecule has 1 aromatic carbocycles. The Morgan fingerprint density at radius 3 is 2.76 bits per heavy atom. The molecule has 0 saturated heterocycles. The molecule has 0 bridgehead atoms. The van der Waals surface area contributed by atoms with Gasteiger partial charge in [0.1, 0.15) is 0 Å². The van der Waals surface area contributed by atoms with Crippen LogP contribution < -0.4 is 0 Å². The summed E-state index contributed by atoms with van der Waals surface area (Å²) < 4.78 is 1.67. The summed E-state index contributed by atoms with van der Waals surface area (Å²) in [6.07, 6.45) is 0. The molecule has 0 radical (unpaired) electrons. The number of hydrogen-bond donors (Lipinski definition) is 1. The lowest BCUT2D eigenvalue weighted by atomic mass is 10.1. The molecule has 0 aliphatic rings. The van der Waals surface area contributed by atoms with E-state index in [4.69, 9.17) is 5.11 Å². The number of carboxylic acid groups (broad SMARTS) is 1. The maximum atomic E-state index is 10.7. The van der Waals surface area contributed by atoms with Gasteiger partial charge in [-0.1, -0.05) is 11.8 Å². The number of carbonyl (C=O) groups is 1. The van der Waals surface area contributed by atoms with Crippen LogP contribution in [0.2, 0.25) is 0 Å². The Balaban J connectivity index is 2.34. The van der Waals surface area contributed by atoms with E-state index in [1.165, 1.54) is 12.1 Å². The molecule has 0 saturated carbocycles. The molecule has 1 heterocycles. The first-order valence-corrected chi connectivity index (χ1v) is 6.88. The van der Waals surface area contributed by atoms with E-state index in [1.807, 2.05) is 0 Å². The minimum absolute atomic E-state index is 0.0129. The van der Waals surface area contributed by atoms with Crippen LogP contribution in [-0.4, -0.2) is 36.5 Å². The lowest BCUT2D eigenvalue weighted by Gasteiger charge is -2.06. The molecule has 0 atom stereocenters. The van der Waals surface area contributed by atoms with E-state index in [-0.39, 0.29) is 11.4 Å². The Hall–Kier alpha value is -2.42. The summed E-state index contributed by atoms with van der Waals surface area (Å²) in [5, 5.41) is 27.9. The number of aromatic nitrogens is 3. The zero-order valence-electron chi connectivity index (χ0n) is 11.3. The number of carboxylic acids is 1. The first-order valence-electron chi connectivity index (χ1n) is 5.89. The van der Waals surface area contributed by atoms with Crippen molar-refractivity contribution in [2.45, 2.75) is 12.1 Å². The Morgan fingerprint density at radius 1 is 1.48 bits per heavy atom. The zero-order valence-corrected chi connectivity index (χ0v) is 12.1. The number of nitrogens with zero attached hydrogens (tertiary/aromatic N) is 4. The summed E-state index contributed by atoms with van der Waals surface area (Å²) in [5.41, 5.74) is 1.44. The summed E-state index contributed by atoms with van der Waals surface area (Å²) in [5.74, 6) is -0.503. The van der Waals surface area contributed by atoms with Crippen LogP contribution in [0.25, 0.3) is 11.4 Å². The molecule has 0 aliphatic heterocycles. The van der Waals surface area contributed by atoms with E-state index in [0.29, 0.717) is 16.5 Å². The summed E-state index contributed by atoms with van der Waals surface area (Å²) in [6, 6.07) is 4.48. The lowest BCUT2D eigenvalue weighted by Crippen LogP contribution is -2.01. The lowest BCUT2D eigenvalue weighted by molar-refractivity contribution is -0.384. The third-order valence-corrected chi connectivity index (χ3v) is 3.83. The highest BCUT2D eigenvalue weighted by molar-refractivity contribution is 7.99. The third kappa shape index (κ3) is 3.19. The Labute approximate surface area is 124 Å². The van der Waals surface area contributed by atoms with E-state index in [2.05, 4.69) is 10.2 Å². The monoisotopic (exact) mass is 308 g/mol. The van der Waals surface area contributed by atoms with Gasteiger partial charge in [0.15, 0.2) is 11.0 Å². The van der Waals surface area contributed by atoms with Gasteiger partial charge in [0.05, 0.1) is 10.7 Å². The normalized spacial score (nSPS) is 10.6. The molecule has 2 rings (SSSR count). The summed E-state index contributed by atoms with van der Waals surface area (Å²) in [7, 11) is 1.72. The van der Waals surface area contributed by atoms with Gasteiger partial charge in [0.2, 0.25) is 0 Å². The molecule has 1 aromatic heterocycles. The van der Waals surface area contributed by atoms with Crippen molar-refractivity contribution in [1.29, 1.82) is 0 Å². The average Bonchev–Trinajstić information content (AvgIpc) is 2.77. The van der Waals surface area contributed by atoms with Crippen LogP contribution >= 0.6 is 11.8 Å². The van der Waals surface area contributed by atoms with Crippen LogP contribution in [0.3, 0.4) is 0 Å². The van der Waals surface area contributed by atoms with Crippen LogP contribution in [0, 0.1) is 17.0 Å². The van der Waals surface area contributed by atoms with Crippen LogP contribution in [0.5, 0.6) is 0 Å². The van der Waals surface area contributed by atoms with Gasteiger partial charge in [0, 0.05) is 24.7 Å². The number of non-ortho nitro benzene ring substituents is 1. The van der Waals surface area contributed by atoms with Crippen molar-refractivity contribution >= 4 is 23.4 Å². The number of rotatable bonds is 5. The number of benzene rings is 1. The van der Waals surface area contributed by atoms with E-state index < -0.39 is 10.9 Å². The predicted octanol–water partition coefficient (Wildman–Crippen LogP) is 1.88. The fourth-order valence-electron chi connectivity index (χ4n) is 1.81. The van der Waals surface area contributed by atoms with Crippen molar-refractivity contribution in [3.05, 3.63) is 33.9 Å². The molecule has 0 spiro atoms. The largest absolute Gasteiger partial charge is 0.481 e. The van der Waals surface area contributed by atoms with Crippen LogP contribution in [-0.2, 0) is 11.8 Å². The molecule has 8 nitrogen and oxygen atoms in total. The van der Waals surface area contributed by atoms with E-state index in [0.717, 1.165) is 17.3 Å². The first-order chi connectivity index (χ1) is 9.90. The number of nitro benzene ring substituents is 1. The number of aliphatic carboxylic acids is 1. The van der Waals surface area contributed by atoms with Crippen molar-refractivity contribution in [1.82, 2.24) is 14.8 Å². The second kappa shape index (κ2) is 5.92. The van der Waals surface area contributed by atoms with Crippen molar-refractivity contribution in [2.24, 2.45) is 7.05 Å². The maximum Gasteiger partial charge on any atom is 0.313 e. The highest BCUT2D eigenvalue weighted by atomic mass is 32.2. The summed E-state index contributed by atoms with van der Waals surface area (Å²) >= 11 is 1.07. The quantitative estimate of drug-likeness (QED) is 0.510. The van der Waals surface area contributed by atoms with Crippen LogP contribution in [0.1, 0.15) is 5.56 Å². The molecule has 2 aromatic rings. The van der Waals surface area contributed by atoms with Gasteiger partial charge in [0.25, 0.3) is 5.69 Å². The highest BCUT2D eigenvalue weighted by Gasteiger charge is 2.16. The van der Waals surface area contributed by atoms with Crippen molar-refractivity contribution < 1.29 is 14.8 Å². The van der Waals surface area contributed by atoms with Crippen molar-refractivity contribution in [2.75, 3.05) is 5.75 Å². The molecule has 0 unspecified atom stereocenters. The first kappa shape index (κ1) is 15.0. The Kier molecular flexibility index (Phi) is 4.22. The fraction of sp³-hybridized carbons (Fsp3) is 0.250. The van der Waals surface area contributed by atoms with Gasteiger partial charge in [-0.2, -0.15) is 0 Å². The zero-order chi connectivity index (χ0) is 15.6. The second-order valence-electron chi connectivity index (χ2n) is 4.30. The molecule has 9 heteroatoms. The maximum absolute atomic E-state index is 10.7. The molecular formula is C12H12N4O4S. The molecule has 1 N–H and O–H groups in total. The SMILES string of the molecule is Cc1cc([N+](=O)[O-])ccc1-c1nnc(SCC(=O)O)n1C. The topological polar surface area (TPSA) is 111 Å². The van der Waals surface area contributed by atoms with Crippen molar-refractivity contribution in [3.63, 3.8) is 0 Å². The smallest absolute Gasteiger partial charge is 0.313 e. The van der Waals surface area contributed by atoms with Gasteiger partial charge in [-0.3, -0.25) is 14.9 Å². The number of aryl methyl sites for hydroxylation is 1. The Bertz CT molecular complexity index is 713. The molecule has 110 valence electrons. The van der Waals surface area contributed by atoms with Crippen LogP contribution in [0.15, 0.2) is 23.4 Å². The minimum atomic E-state index is -0.934. The minimum Gasteiger partial charge on any atom is -0.481 e. The molecule has 0 amide bonds. The second-order valence-corrected chi connectivity index (χ2v) is 5.25. The highest BCUT2D eigenvalue weighted by Crippen LogP contribution is 2.27. The third-order valence-electron chi connectivity index (χ3n) is 2.82. The molecule has 0 fully saturated rings. The number of nitro groups is 1. The predicted molar refractivity (Wildman–Crippen MR) is 76.2 cm³/mol. The van der Waals surface area contributed by atoms with E-state index in [9.17, 15) is 14.9 Å². The van der Waals surface area contributed by atoms with E-state index >= 15 is 0 Å². The van der Waals surface area contributed by atoms with Gasteiger partial charge in [-0.05, 0) is 18.6 Å². The Morgan fingerprint density at radius 2 is 2.19 bits per heavy atom. The number of thioether (sulfide) groups is 1. The van der Waals surface area contributed by atoms with Crippen LogP contribution in [0.4, 0.5) is 5.69 Å². The molecule has 0 aliphatic carbocycles. The van der Waals surface area contributed by atoms with Crippen molar-refractivity contribution in [3.8, 4) is 11.4 Å². The van der Waals surface area contributed by atoms with Gasteiger partial charge < -0.3 is 9.67 Å². The van der Waals surface area contributed by atoms with Gasteiger partial charge in [-0.15, -0.1) is 10.2 Å². The summed E-state index contributed by atoms with van der Waals surface area (Å²) in [6.45, 7) is 1.75. The van der Waals surface area contributed by atoms with Gasteiger partial charge in [-0.25, -0.2) is 0 Å². The van der Waals surface area contributed by atoms with E-state index in [1.54, 1.807) is 24.6 Å². The number of hydrogen-bond acceptors (Lipinski definition) is 6. The average molecular weight is 308 g/mol. The fourth-order valence-corrected chi connectivity index (χ4v) is 2.44. The molecule has 21 heavy (non-hydrogen) atoms. The van der Waals surface area contributed by atoms with Gasteiger partial charge >= 0.3 is 5.97 Å². The standard InChI is InChI=1S/C12H12N4O4S/c1-7-5-8(16(19)20)3-4-9(7)11-13-14-12(15(11)2)21-6-10(17)18/h3-5H,6H2,1-2H3,(H,17,18). The summed E-state index contributed by atoms with van der Waals surface area (Å²) in [4.78, 5) is 20.9. The molecular weight excluding hydrogens is 296 g/mol.